The minimum absolute atomic E-state index is 0.0263. The Morgan fingerprint density at radius 2 is 1.73 bits per heavy atom. The SMILES string of the molecule is O=C(Nc1ccccc1F)C1CCN(S(=O)(=O)c2ccc(Cl)c(C(F)(F)F)c2)CC1. The Bertz CT molecular complexity index is 1050. The van der Waals surface area contributed by atoms with E-state index in [9.17, 15) is 30.8 Å². The molecule has 1 aliphatic heterocycles. The van der Waals surface area contributed by atoms with Gasteiger partial charge in [0, 0.05) is 19.0 Å². The summed E-state index contributed by atoms with van der Waals surface area (Å²) in [6, 6.07) is 8.08. The molecule has 162 valence electrons. The lowest BCUT2D eigenvalue weighted by atomic mass is 9.97. The molecule has 0 radical (unpaired) electrons. The van der Waals surface area contributed by atoms with E-state index in [1.807, 2.05) is 0 Å². The van der Waals surface area contributed by atoms with Gasteiger partial charge >= 0.3 is 6.18 Å². The molecule has 1 fully saturated rings. The number of piperidine rings is 1. The summed E-state index contributed by atoms with van der Waals surface area (Å²) in [5, 5.41) is 1.88. The summed E-state index contributed by atoms with van der Waals surface area (Å²) in [5.74, 6) is -1.58. The highest BCUT2D eigenvalue weighted by molar-refractivity contribution is 7.89. The Kier molecular flexibility index (Phi) is 6.40. The topological polar surface area (TPSA) is 66.5 Å². The molecule has 1 N–H and O–H groups in total. The van der Waals surface area contributed by atoms with Crippen LogP contribution >= 0.6 is 11.6 Å². The first-order chi connectivity index (χ1) is 14.0. The number of benzene rings is 2. The van der Waals surface area contributed by atoms with E-state index in [-0.39, 0.29) is 31.6 Å². The van der Waals surface area contributed by atoms with E-state index in [2.05, 4.69) is 5.32 Å². The van der Waals surface area contributed by atoms with Gasteiger partial charge in [0.2, 0.25) is 15.9 Å². The van der Waals surface area contributed by atoms with Crippen molar-refractivity contribution in [3.05, 3.63) is 58.9 Å². The van der Waals surface area contributed by atoms with Crippen molar-refractivity contribution in [3.63, 3.8) is 0 Å². The largest absolute Gasteiger partial charge is 0.417 e. The predicted octanol–water partition coefficient (Wildman–Crippen LogP) is 4.54. The highest BCUT2D eigenvalue weighted by Crippen LogP contribution is 2.36. The fourth-order valence-electron chi connectivity index (χ4n) is 3.19. The summed E-state index contributed by atoms with van der Waals surface area (Å²) in [7, 11) is -4.19. The van der Waals surface area contributed by atoms with Crippen LogP contribution in [0, 0.1) is 11.7 Å². The van der Waals surface area contributed by atoms with E-state index < -0.39 is 49.3 Å². The molecule has 1 heterocycles. The lowest BCUT2D eigenvalue weighted by Gasteiger charge is -2.30. The van der Waals surface area contributed by atoms with Crippen LogP contribution in [0.5, 0.6) is 0 Å². The van der Waals surface area contributed by atoms with Gasteiger partial charge in [-0.05, 0) is 43.2 Å². The van der Waals surface area contributed by atoms with Gasteiger partial charge in [-0.15, -0.1) is 0 Å². The van der Waals surface area contributed by atoms with Crippen molar-refractivity contribution in [2.75, 3.05) is 18.4 Å². The second-order valence-corrected chi connectivity index (χ2v) is 9.13. The van der Waals surface area contributed by atoms with Gasteiger partial charge in [-0.25, -0.2) is 12.8 Å². The maximum atomic E-state index is 13.7. The number of sulfonamides is 1. The van der Waals surface area contributed by atoms with Crippen LogP contribution in [-0.2, 0) is 21.0 Å². The number of para-hydroxylation sites is 1. The smallest absolute Gasteiger partial charge is 0.323 e. The van der Waals surface area contributed by atoms with Gasteiger partial charge in [0.05, 0.1) is 21.2 Å². The molecule has 0 spiro atoms. The van der Waals surface area contributed by atoms with Crippen LogP contribution in [0.2, 0.25) is 5.02 Å². The number of alkyl halides is 3. The molecule has 1 aliphatic rings. The zero-order valence-corrected chi connectivity index (χ0v) is 17.0. The molecule has 0 aliphatic carbocycles. The van der Waals surface area contributed by atoms with Crippen LogP contribution in [0.25, 0.3) is 0 Å². The number of carbonyl (C=O) groups is 1. The van der Waals surface area contributed by atoms with Crippen molar-refractivity contribution in [2.45, 2.75) is 23.9 Å². The molecule has 0 saturated carbocycles. The van der Waals surface area contributed by atoms with Crippen molar-refractivity contribution in [3.8, 4) is 0 Å². The van der Waals surface area contributed by atoms with Gasteiger partial charge in [0.15, 0.2) is 0 Å². The number of carbonyl (C=O) groups excluding carboxylic acids is 1. The van der Waals surface area contributed by atoms with Gasteiger partial charge in [0.1, 0.15) is 5.82 Å². The summed E-state index contributed by atoms with van der Waals surface area (Å²) in [6.45, 7) is -0.108. The van der Waals surface area contributed by atoms with Gasteiger partial charge in [-0.2, -0.15) is 17.5 Å². The van der Waals surface area contributed by atoms with E-state index in [1.165, 1.54) is 18.2 Å². The number of amides is 1. The number of hydrogen-bond donors (Lipinski definition) is 1. The van der Waals surface area contributed by atoms with Gasteiger partial charge in [0.25, 0.3) is 0 Å². The molecule has 0 atom stereocenters. The van der Waals surface area contributed by atoms with Gasteiger partial charge in [-0.1, -0.05) is 23.7 Å². The molecule has 30 heavy (non-hydrogen) atoms. The maximum absolute atomic E-state index is 13.7. The summed E-state index contributed by atoms with van der Waals surface area (Å²) in [5.41, 5.74) is -1.21. The first-order valence-corrected chi connectivity index (χ1v) is 10.7. The number of hydrogen-bond acceptors (Lipinski definition) is 3. The molecule has 2 aromatic rings. The molecule has 0 bridgehead atoms. The molecule has 2 aromatic carbocycles. The third kappa shape index (κ3) is 4.76. The minimum Gasteiger partial charge on any atom is -0.323 e. The van der Waals surface area contributed by atoms with Crippen molar-refractivity contribution < 1.29 is 30.8 Å². The molecule has 11 heteroatoms. The maximum Gasteiger partial charge on any atom is 0.417 e. The van der Waals surface area contributed by atoms with Crippen molar-refractivity contribution in [2.24, 2.45) is 5.92 Å². The second kappa shape index (κ2) is 8.52. The van der Waals surface area contributed by atoms with E-state index in [4.69, 9.17) is 11.6 Å². The standard InChI is InChI=1S/C19H17ClF4N2O3S/c20-15-6-5-13(11-14(15)19(22,23)24)30(28,29)26-9-7-12(8-10-26)18(27)25-17-4-2-1-3-16(17)21/h1-6,11-12H,7-10H2,(H,25,27). The molecule has 0 aromatic heterocycles. The third-order valence-electron chi connectivity index (χ3n) is 4.84. The second-order valence-electron chi connectivity index (χ2n) is 6.79. The Balaban J connectivity index is 1.70. The molecule has 0 unspecified atom stereocenters. The zero-order valence-electron chi connectivity index (χ0n) is 15.4. The Labute approximate surface area is 175 Å². The number of rotatable bonds is 4. The van der Waals surface area contributed by atoms with E-state index in [0.717, 1.165) is 16.4 Å². The summed E-state index contributed by atoms with van der Waals surface area (Å²) < 4.78 is 79.3. The Morgan fingerprint density at radius 1 is 1.10 bits per heavy atom. The normalized spacial score (nSPS) is 16.4. The monoisotopic (exact) mass is 464 g/mol. The average molecular weight is 465 g/mol. The van der Waals surface area contributed by atoms with Gasteiger partial charge in [-0.3, -0.25) is 4.79 Å². The van der Waals surface area contributed by atoms with Crippen molar-refractivity contribution in [1.29, 1.82) is 0 Å². The van der Waals surface area contributed by atoms with Crippen LogP contribution in [0.15, 0.2) is 47.4 Å². The fraction of sp³-hybridized carbons (Fsp3) is 0.316. The predicted molar refractivity (Wildman–Crippen MR) is 103 cm³/mol. The van der Waals surface area contributed by atoms with E-state index >= 15 is 0 Å². The third-order valence-corrected chi connectivity index (χ3v) is 7.06. The Morgan fingerprint density at radius 3 is 2.33 bits per heavy atom. The van der Waals surface area contributed by atoms with E-state index in [1.54, 1.807) is 6.07 Å². The number of nitrogens with one attached hydrogen (secondary N) is 1. The average Bonchev–Trinajstić information content (AvgIpc) is 2.69. The zero-order chi connectivity index (χ0) is 22.1. The molecule has 1 amide bonds. The van der Waals surface area contributed by atoms with Crippen LogP contribution < -0.4 is 5.32 Å². The first-order valence-electron chi connectivity index (χ1n) is 8.92. The van der Waals surface area contributed by atoms with Crippen LogP contribution in [-0.4, -0.2) is 31.7 Å². The summed E-state index contributed by atoms with van der Waals surface area (Å²) in [4.78, 5) is 11.8. The highest BCUT2D eigenvalue weighted by Gasteiger charge is 2.37. The molecular formula is C19H17ClF4N2O3S. The van der Waals surface area contributed by atoms with Crippen LogP contribution in [0.4, 0.5) is 23.2 Å². The summed E-state index contributed by atoms with van der Waals surface area (Å²) >= 11 is 5.55. The van der Waals surface area contributed by atoms with Crippen molar-refractivity contribution >= 4 is 33.2 Å². The van der Waals surface area contributed by atoms with E-state index in [0.29, 0.717) is 6.07 Å². The minimum atomic E-state index is -4.79. The first kappa shape index (κ1) is 22.5. The van der Waals surface area contributed by atoms with Crippen molar-refractivity contribution in [1.82, 2.24) is 4.31 Å². The lowest BCUT2D eigenvalue weighted by Crippen LogP contribution is -2.41. The van der Waals surface area contributed by atoms with Crippen LogP contribution in [0.1, 0.15) is 18.4 Å². The fourth-order valence-corrected chi connectivity index (χ4v) is 4.91. The summed E-state index contributed by atoms with van der Waals surface area (Å²) in [6.07, 6.45) is -4.49. The number of halogens is 5. The molecular weight excluding hydrogens is 448 g/mol. The number of anilines is 1. The Hall–Kier alpha value is -2.17. The number of nitrogens with zero attached hydrogens (tertiary/aromatic N) is 1. The lowest BCUT2D eigenvalue weighted by molar-refractivity contribution is -0.137. The molecule has 1 saturated heterocycles. The molecule has 3 rings (SSSR count). The molecule has 5 nitrogen and oxygen atoms in total. The van der Waals surface area contributed by atoms with Crippen LogP contribution in [0.3, 0.4) is 0 Å². The quantitative estimate of drug-likeness (QED) is 0.676. The highest BCUT2D eigenvalue weighted by atomic mass is 35.5. The van der Waals surface area contributed by atoms with Gasteiger partial charge < -0.3 is 5.32 Å².